The van der Waals surface area contributed by atoms with E-state index in [1.807, 2.05) is 18.3 Å². The minimum Gasteiger partial charge on any atom is -0.396 e. The molecule has 3 nitrogen and oxygen atoms in total. The summed E-state index contributed by atoms with van der Waals surface area (Å²) in [4.78, 5) is 6.73. The molecule has 104 valence electrons. The van der Waals surface area contributed by atoms with Gasteiger partial charge in [-0.25, -0.2) is 4.98 Å². The van der Waals surface area contributed by atoms with E-state index in [-0.39, 0.29) is 0 Å². The Balaban J connectivity index is 1.59. The SMILES string of the molecule is Nc1cccnc1N1CCC(Cc2ccccc2)CC1. The third-order valence-corrected chi connectivity index (χ3v) is 4.10. The summed E-state index contributed by atoms with van der Waals surface area (Å²) in [6.07, 6.45) is 5.43. The Bertz CT molecular complexity index is 545. The molecule has 0 bridgehead atoms. The number of nitrogens with zero attached hydrogens (tertiary/aromatic N) is 2. The molecule has 1 aliphatic rings. The van der Waals surface area contributed by atoms with E-state index in [0.29, 0.717) is 0 Å². The number of pyridine rings is 1. The molecule has 1 saturated heterocycles. The fourth-order valence-corrected chi connectivity index (χ4v) is 2.97. The van der Waals surface area contributed by atoms with Gasteiger partial charge in [0.2, 0.25) is 0 Å². The molecule has 3 heteroatoms. The zero-order valence-electron chi connectivity index (χ0n) is 11.7. The first-order valence-corrected chi connectivity index (χ1v) is 7.32. The van der Waals surface area contributed by atoms with Gasteiger partial charge in [-0.05, 0) is 42.9 Å². The lowest BCUT2D eigenvalue weighted by molar-refractivity contribution is 0.402. The summed E-state index contributed by atoms with van der Waals surface area (Å²) in [6.45, 7) is 2.11. The zero-order chi connectivity index (χ0) is 13.8. The second-order valence-corrected chi connectivity index (χ2v) is 5.54. The Labute approximate surface area is 120 Å². The first-order valence-electron chi connectivity index (χ1n) is 7.32. The van der Waals surface area contributed by atoms with Gasteiger partial charge in [0.1, 0.15) is 0 Å². The van der Waals surface area contributed by atoms with Crippen LogP contribution in [0.2, 0.25) is 0 Å². The van der Waals surface area contributed by atoms with Gasteiger partial charge < -0.3 is 10.6 Å². The zero-order valence-corrected chi connectivity index (χ0v) is 11.7. The molecule has 20 heavy (non-hydrogen) atoms. The molecule has 0 unspecified atom stereocenters. The van der Waals surface area contributed by atoms with Crippen LogP contribution in [0.4, 0.5) is 11.5 Å². The summed E-state index contributed by atoms with van der Waals surface area (Å²) in [5, 5.41) is 0. The standard InChI is InChI=1S/C17H21N3/c18-16-7-4-10-19-17(16)20-11-8-15(9-12-20)13-14-5-2-1-3-6-14/h1-7,10,15H,8-9,11-13,18H2. The van der Waals surface area contributed by atoms with Crippen LogP contribution in [0.15, 0.2) is 48.7 Å². The molecule has 1 fully saturated rings. The second kappa shape index (κ2) is 5.95. The molecule has 0 saturated carbocycles. The van der Waals surface area contributed by atoms with Crippen LogP contribution in [0.3, 0.4) is 0 Å². The Hall–Kier alpha value is -2.03. The van der Waals surface area contributed by atoms with Crippen LogP contribution in [-0.2, 0) is 6.42 Å². The van der Waals surface area contributed by atoms with Crippen LogP contribution in [0.5, 0.6) is 0 Å². The quantitative estimate of drug-likeness (QED) is 0.929. The molecule has 1 aromatic heterocycles. The maximum Gasteiger partial charge on any atom is 0.151 e. The Morgan fingerprint density at radius 2 is 1.80 bits per heavy atom. The highest BCUT2D eigenvalue weighted by Gasteiger charge is 2.21. The van der Waals surface area contributed by atoms with Crippen LogP contribution in [0, 0.1) is 5.92 Å². The van der Waals surface area contributed by atoms with Gasteiger partial charge in [-0.3, -0.25) is 0 Å². The predicted octanol–water partition coefficient (Wildman–Crippen LogP) is 3.12. The second-order valence-electron chi connectivity index (χ2n) is 5.54. The highest BCUT2D eigenvalue weighted by Crippen LogP contribution is 2.27. The first kappa shape index (κ1) is 13.0. The lowest BCUT2D eigenvalue weighted by Crippen LogP contribution is -2.35. The van der Waals surface area contributed by atoms with E-state index in [1.54, 1.807) is 0 Å². The van der Waals surface area contributed by atoms with Gasteiger partial charge in [0.25, 0.3) is 0 Å². The number of benzene rings is 1. The van der Waals surface area contributed by atoms with Gasteiger partial charge in [-0.1, -0.05) is 30.3 Å². The van der Waals surface area contributed by atoms with Crippen molar-refractivity contribution in [2.45, 2.75) is 19.3 Å². The molecule has 1 aliphatic heterocycles. The Morgan fingerprint density at radius 3 is 2.50 bits per heavy atom. The highest BCUT2D eigenvalue weighted by atomic mass is 15.2. The minimum atomic E-state index is 0.776. The molecule has 0 spiro atoms. The summed E-state index contributed by atoms with van der Waals surface area (Å²) in [5.41, 5.74) is 8.24. The number of hydrogen-bond acceptors (Lipinski definition) is 3. The monoisotopic (exact) mass is 267 g/mol. The van der Waals surface area contributed by atoms with Gasteiger partial charge in [0.15, 0.2) is 5.82 Å². The normalized spacial score (nSPS) is 16.3. The lowest BCUT2D eigenvalue weighted by atomic mass is 9.90. The van der Waals surface area contributed by atoms with Crippen molar-refractivity contribution < 1.29 is 0 Å². The third-order valence-electron chi connectivity index (χ3n) is 4.10. The maximum atomic E-state index is 6.01. The van der Waals surface area contributed by atoms with E-state index < -0.39 is 0 Å². The number of aromatic nitrogens is 1. The number of piperidine rings is 1. The van der Waals surface area contributed by atoms with Gasteiger partial charge >= 0.3 is 0 Å². The number of nitrogens with two attached hydrogens (primary N) is 1. The van der Waals surface area contributed by atoms with Crippen molar-refractivity contribution >= 4 is 11.5 Å². The fraction of sp³-hybridized carbons (Fsp3) is 0.353. The van der Waals surface area contributed by atoms with Gasteiger partial charge in [-0.2, -0.15) is 0 Å². The van der Waals surface area contributed by atoms with Crippen molar-refractivity contribution in [2.24, 2.45) is 5.92 Å². The fourth-order valence-electron chi connectivity index (χ4n) is 2.97. The highest BCUT2D eigenvalue weighted by molar-refractivity contribution is 5.62. The summed E-state index contributed by atoms with van der Waals surface area (Å²) < 4.78 is 0. The molecule has 0 aliphatic carbocycles. The van der Waals surface area contributed by atoms with Crippen molar-refractivity contribution in [2.75, 3.05) is 23.7 Å². The van der Waals surface area contributed by atoms with Crippen LogP contribution in [0.25, 0.3) is 0 Å². The van der Waals surface area contributed by atoms with Crippen molar-refractivity contribution in [1.82, 2.24) is 4.98 Å². The minimum absolute atomic E-state index is 0.776. The van der Waals surface area contributed by atoms with Crippen molar-refractivity contribution in [3.05, 3.63) is 54.2 Å². The van der Waals surface area contributed by atoms with Gasteiger partial charge in [0, 0.05) is 19.3 Å². The molecule has 0 radical (unpaired) electrons. The van der Waals surface area contributed by atoms with E-state index in [0.717, 1.165) is 30.5 Å². The average molecular weight is 267 g/mol. The number of hydrogen-bond donors (Lipinski definition) is 1. The van der Waals surface area contributed by atoms with Gasteiger partial charge in [0.05, 0.1) is 5.69 Å². The van der Waals surface area contributed by atoms with E-state index in [9.17, 15) is 0 Å². The molecular formula is C17H21N3. The first-order chi connectivity index (χ1) is 9.83. The van der Waals surface area contributed by atoms with E-state index >= 15 is 0 Å². The maximum absolute atomic E-state index is 6.01. The molecule has 3 rings (SSSR count). The van der Waals surface area contributed by atoms with Crippen molar-refractivity contribution in [1.29, 1.82) is 0 Å². The number of rotatable bonds is 3. The third kappa shape index (κ3) is 2.93. The summed E-state index contributed by atoms with van der Waals surface area (Å²) >= 11 is 0. The van der Waals surface area contributed by atoms with Crippen LogP contribution in [-0.4, -0.2) is 18.1 Å². The van der Waals surface area contributed by atoms with Crippen LogP contribution >= 0.6 is 0 Å². The molecule has 1 aromatic carbocycles. The summed E-state index contributed by atoms with van der Waals surface area (Å²) in [6, 6.07) is 14.6. The largest absolute Gasteiger partial charge is 0.396 e. The molecule has 2 aromatic rings. The topological polar surface area (TPSA) is 42.1 Å². The number of anilines is 2. The number of nitrogen functional groups attached to an aromatic ring is 1. The lowest BCUT2D eigenvalue weighted by Gasteiger charge is -2.33. The Kier molecular flexibility index (Phi) is 3.86. The summed E-state index contributed by atoms with van der Waals surface area (Å²) in [5.74, 6) is 1.73. The molecule has 2 heterocycles. The van der Waals surface area contributed by atoms with Crippen LogP contribution < -0.4 is 10.6 Å². The summed E-state index contributed by atoms with van der Waals surface area (Å²) in [7, 11) is 0. The van der Waals surface area contributed by atoms with Gasteiger partial charge in [-0.15, -0.1) is 0 Å². The van der Waals surface area contributed by atoms with E-state index in [1.165, 1.54) is 24.8 Å². The molecular weight excluding hydrogens is 246 g/mol. The van der Waals surface area contributed by atoms with Crippen LogP contribution in [0.1, 0.15) is 18.4 Å². The smallest absolute Gasteiger partial charge is 0.151 e. The van der Waals surface area contributed by atoms with E-state index in [4.69, 9.17) is 5.73 Å². The molecule has 0 amide bonds. The van der Waals surface area contributed by atoms with Crippen molar-refractivity contribution in [3.63, 3.8) is 0 Å². The Morgan fingerprint density at radius 1 is 1.05 bits per heavy atom. The van der Waals surface area contributed by atoms with E-state index in [2.05, 4.69) is 40.2 Å². The van der Waals surface area contributed by atoms with Crippen molar-refractivity contribution in [3.8, 4) is 0 Å². The molecule has 2 N–H and O–H groups in total. The molecule has 0 atom stereocenters. The average Bonchev–Trinajstić information content (AvgIpc) is 2.50. The predicted molar refractivity (Wildman–Crippen MR) is 83.7 cm³/mol.